The van der Waals surface area contributed by atoms with Gasteiger partial charge in [0.25, 0.3) is 11.1 Å². The smallest absolute Gasteiger partial charge is 0.326 e. The number of thioether (sulfide) groups is 1. The van der Waals surface area contributed by atoms with Gasteiger partial charge in [0.2, 0.25) is 0 Å². The molecule has 1 aromatic rings. The van der Waals surface area contributed by atoms with Gasteiger partial charge in [0, 0.05) is 0 Å². The Bertz CT molecular complexity index is 750. The van der Waals surface area contributed by atoms with Crippen LogP contribution in [0.25, 0.3) is 6.08 Å². The number of ether oxygens (including phenoxy) is 2. The number of phenols is 1. The molecule has 0 bridgehead atoms. The van der Waals surface area contributed by atoms with Crippen LogP contribution in [0.5, 0.6) is 11.5 Å². The first-order valence-corrected chi connectivity index (χ1v) is 8.26. The third-order valence-electron chi connectivity index (χ3n) is 3.08. The molecular weight excluding hydrogens is 346 g/mol. The highest BCUT2D eigenvalue weighted by molar-refractivity contribution is 8.18. The summed E-state index contributed by atoms with van der Waals surface area (Å²) >= 11 is 0.742. The fraction of sp³-hybridized carbons (Fsp3) is 0.353. The largest absolute Gasteiger partial charge is 0.504 e. The number of benzene rings is 1. The third-order valence-corrected chi connectivity index (χ3v) is 3.99. The maximum Gasteiger partial charge on any atom is 0.326 e. The lowest BCUT2D eigenvalue weighted by molar-refractivity contribution is -0.156. The van der Waals surface area contributed by atoms with Gasteiger partial charge >= 0.3 is 5.97 Å². The highest BCUT2D eigenvalue weighted by atomic mass is 32.2. The number of hydrogen-bond donors (Lipinski definition) is 1. The van der Waals surface area contributed by atoms with E-state index in [0.717, 1.165) is 16.7 Å². The Morgan fingerprint density at radius 2 is 2.00 bits per heavy atom. The molecule has 1 saturated heterocycles. The predicted octanol–water partition coefficient (Wildman–Crippen LogP) is 2.78. The van der Waals surface area contributed by atoms with Crippen LogP contribution in [0.3, 0.4) is 0 Å². The number of imide groups is 1. The van der Waals surface area contributed by atoms with E-state index >= 15 is 0 Å². The molecule has 0 saturated carbocycles. The van der Waals surface area contributed by atoms with E-state index in [-0.39, 0.29) is 16.4 Å². The minimum Gasteiger partial charge on any atom is -0.504 e. The van der Waals surface area contributed by atoms with Gasteiger partial charge in [-0.2, -0.15) is 0 Å². The topological polar surface area (TPSA) is 93.1 Å². The molecule has 0 aromatic heterocycles. The van der Waals surface area contributed by atoms with Crippen molar-refractivity contribution in [3.63, 3.8) is 0 Å². The Balaban J connectivity index is 2.16. The van der Waals surface area contributed by atoms with Crippen LogP contribution in [0.2, 0.25) is 0 Å². The summed E-state index contributed by atoms with van der Waals surface area (Å²) in [7, 11) is 1.41. The van der Waals surface area contributed by atoms with E-state index in [4.69, 9.17) is 9.47 Å². The first-order chi connectivity index (χ1) is 11.6. The second-order valence-electron chi connectivity index (χ2n) is 6.29. The number of hydrogen-bond acceptors (Lipinski definition) is 7. The molecule has 134 valence electrons. The first kappa shape index (κ1) is 18.9. The molecule has 1 heterocycles. The highest BCUT2D eigenvalue weighted by Gasteiger charge is 2.37. The van der Waals surface area contributed by atoms with Crippen LogP contribution >= 0.6 is 11.8 Å². The van der Waals surface area contributed by atoms with Gasteiger partial charge in [-0.3, -0.25) is 19.3 Å². The van der Waals surface area contributed by atoms with E-state index < -0.39 is 29.3 Å². The molecule has 1 fully saturated rings. The fourth-order valence-corrected chi connectivity index (χ4v) is 2.91. The Labute approximate surface area is 149 Å². The van der Waals surface area contributed by atoms with Crippen LogP contribution in [0, 0.1) is 0 Å². The number of phenolic OH excluding ortho intramolecular Hbond substituents is 1. The molecule has 2 rings (SSSR count). The summed E-state index contributed by atoms with van der Waals surface area (Å²) in [6, 6.07) is 4.55. The van der Waals surface area contributed by atoms with Crippen molar-refractivity contribution in [2.75, 3.05) is 13.7 Å². The molecule has 0 aliphatic carbocycles. The van der Waals surface area contributed by atoms with Gasteiger partial charge in [0.1, 0.15) is 12.1 Å². The zero-order valence-electron chi connectivity index (χ0n) is 14.4. The SMILES string of the molecule is COc1cc(/C=C2/SC(=O)N(CC(=O)OC(C)(C)C)C2=O)ccc1O. The van der Waals surface area contributed by atoms with Crippen LogP contribution < -0.4 is 4.74 Å². The number of rotatable bonds is 4. The lowest BCUT2D eigenvalue weighted by Crippen LogP contribution is -2.37. The summed E-state index contributed by atoms with van der Waals surface area (Å²) in [5, 5.41) is 9.06. The molecule has 2 amide bonds. The van der Waals surface area contributed by atoms with Gasteiger partial charge in [0.15, 0.2) is 11.5 Å². The van der Waals surface area contributed by atoms with Crippen LogP contribution in [0.15, 0.2) is 23.1 Å². The van der Waals surface area contributed by atoms with Gasteiger partial charge in [-0.15, -0.1) is 0 Å². The van der Waals surface area contributed by atoms with Gasteiger partial charge in [-0.05, 0) is 56.3 Å². The van der Waals surface area contributed by atoms with E-state index in [0.29, 0.717) is 5.56 Å². The fourth-order valence-electron chi connectivity index (χ4n) is 2.07. The van der Waals surface area contributed by atoms with Crippen LogP contribution in [0.1, 0.15) is 26.3 Å². The van der Waals surface area contributed by atoms with Crippen LogP contribution in [-0.4, -0.2) is 46.4 Å². The van der Waals surface area contributed by atoms with Crippen LogP contribution in [-0.2, 0) is 14.3 Å². The van der Waals surface area contributed by atoms with Crippen LogP contribution in [0.4, 0.5) is 4.79 Å². The Morgan fingerprint density at radius 3 is 2.60 bits per heavy atom. The van der Waals surface area contributed by atoms with Gasteiger partial charge in [0.05, 0.1) is 12.0 Å². The molecule has 0 atom stereocenters. The second-order valence-corrected chi connectivity index (χ2v) is 7.28. The van der Waals surface area contributed by atoms with Crippen molar-refractivity contribution in [2.24, 2.45) is 0 Å². The van der Waals surface area contributed by atoms with E-state index in [1.165, 1.54) is 25.3 Å². The molecule has 7 nitrogen and oxygen atoms in total. The van der Waals surface area contributed by atoms with Crippen molar-refractivity contribution in [2.45, 2.75) is 26.4 Å². The highest BCUT2D eigenvalue weighted by Crippen LogP contribution is 2.34. The molecule has 0 spiro atoms. The zero-order chi connectivity index (χ0) is 18.8. The molecule has 1 aliphatic rings. The summed E-state index contributed by atoms with van der Waals surface area (Å²) in [6.45, 7) is 4.68. The lowest BCUT2D eigenvalue weighted by atomic mass is 10.2. The first-order valence-electron chi connectivity index (χ1n) is 7.45. The molecule has 0 unspecified atom stereocenters. The predicted molar refractivity (Wildman–Crippen MR) is 93.2 cm³/mol. The summed E-state index contributed by atoms with van der Waals surface area (Å²) in [5.41, 5.74) is -0.116. The number of amides is 2. The molecule has 25 heavy (non-hydrogen) atoms. The third kappa shape index (κ3) is 4.76. The molecule has 1 aromatic carbocycles. The zero-order valence-corrected chi connectivity index (χ0v) is 15.2. The molecular formula is C17H19NO6S. The molecule has 1 aliphatic heterocycles. The second kappa shape index (κ2) is 7.18. The van der Waals surface area contributed by atoms with Crippen molar-refractivity contribution in [1.82, 2.24) is 4.90 Å². The number of methoxy groups -OCH3 is 1. The summed E-state index contributed by atoms with van der Waals surface area (Å²) in [5.74, 6) is -0.991. The molecule has 0 radical (unpaired) electrons. The minimum atomic E-state index is -0.697. The van der Waals surface area contributed by atoms with E-state index in [2.05, 4.69) is 0 Å². The summed E-state index contributed by atoms with van der Waals surface area (Å²) in [4.78, 5) is 37.3. The Morgan fingerprint density at radius 1 is 1.32 bits per heavy atom. The summed E-state index contributed by atoms with van der Waals surface area (Å²) < 4.78 is 10.1. The van der Waals surface area contributed by atoms with Crippen molar-refractivity contribution in [1.29, 1.82) is 0 Å². The quantitative estimate of drug-likeness (QED) is 0.648. The van der Waals surface area contributed by atoms with Crippen molar-refractivity contribution in [3.8, 4) is 11.5 Å². The molecule has 1 N–H and O–H groups in total. The number of carbonyl (C=O) groups excluding carboxylic acids is 3. The van der Waals surface area contributed by atoms with Gasteiger partial charge in [-0.1, -0.05) is 6.07 Å². The number of aromatic hydroxyl groups is 1. The van der Waals surface area contributed by atoms with Crippen molar-refractivity contribution in [3.05, 3.63) is 28.7 Å². The molecule has 8 heteroatoms. The lowest BCUT2D eigenvalue weighted by Gasteiger charge is -2.21. The summed E-state index contributed by atoms with van der Waals surface area (Å²) in [6.07, 6.45) is 1.50. The standard InChI is InChI=1S/C17H19NO6S/c1-17(2,3)24-14(20)9-18-15(21)13(25-16(18)22)8-10-5-6-11(19)12(7-10)23-4/h5-8,19H,9H2,1-4H3/b13-8+. The number of nitrogens with zero attached hydrogens (tertiary/aromatic N) is 1. The van der Waals surface area contributed by atoms with E-state index in [1.807, 2.05) is 0 Å². The van der Waals surface area contributed by atoms with Gasteiger partial charge in [-0.25, -0.2) is 0 Å². The monoisotopic (exact) mass is 365 g/mol. The maximum absolute atomic E-state index is 12.4. The Kier molecular flexibility index (Phi) is 5.42. The van der Waals surface area contributed by atoms with Gasteiger partial charge < -0.3 is 14.6 Å². The van der Waals surface area contributed by atoms with Crippen molar-refractivity contribution < 1.29 is 29.0 Å². The number of carbonyl (C=O) groups is 3. The van der Waals surface area contributed by atoms with E-state index in [1.54, 1.807) is 26.8 Å². The average Bonchev–Trinajstić information content (AvgIpc) is 2.75. The minimum absolute atomic E-state index is 0.0299. The average molecular weight is 365 g/mol. The maximum atomic E-state index is 12.4. The normalized spacial score (nSPS) is 16.5. The van der Waals surface area contributed by atoms with E-state index in [9.17, 15) is 19.5 Å². The van der Waals surface area contributed by atoms with Crippen molar-refractivity contribution >= 4 is 35.0 Å². The Hall–Kier alpha value is -2.48. The number of esters is 1.